The Morgan fingerprint density at radius 2 is 2.10 bits per heavy atom. The third-order valence-electron chi connectivity index (χ3n) is 1.17. The second-order valence-corrected chi connectivity index (χ2v) is 2.65. The molecule has 49 valence electrons. The minimum absolute atomic E-state index is 0. The normalized spacial score (nSPS) is 14.0. The maximum atomic E-state index is 5.26. The predicted molar refractivity (Wildman–Crippen MR) is 41.1 cm³/mol. The summed E-state index contributed by atoms with van der Waals surface area (Å²) in [5.41, 5.74) is 0. The quantitative estimate of drug-likeness (QED) is 0.537. The molecule has 0 saturated heterocycles. The van der Waals surface area contributed by atoms with Crippen LogP contribution >= 0.6 is 11.3 Å². The summed E-state index contributed by atoms with van der Waals surface area (Å²) < 4.78 is 10.5. The van der Waals surface area contributed by atoms with Gasteiger partial charge in [-0.25, -0.2) is 0 Å². The molecule has 2 rings (SSSR count). The summed E-state index contributed by atoms with van der Waals surface area (Å²) in [6.45, 7) is 1.37. The molecule has 1 aliphatic rings. The fourth-order valence-electron chi connectivity index (χ4n) is 0.782. The summed E-state index contributed by atoms with van der Waals surface area (Å²) in [6.07, 6.45) is 0. The van der Waals surface area contributed by atoms with Crippen LogP contribution in [0.15, 0.2) is 11.4 Å². The zero-order valence-electron chi connectivity index (χ0n) is 5.79. The Labute approximate surface area is 85.4 Å². The Bertz CT molecular complexity index is 191. The Kier molecular flexibility index (Phi) is 3.04. The van der Waals surface area contributed by atoms with Crippen LogP contribution in [0.2, 0.25) is 0 Å². The van der Waals surface area contributed by atoms with Crippen LogP contribution in [0.3, 0.4) is 0 Å². The summed E-state index contributed by atoms with van der Waals surface area (Å²) in [4.78, 5) is 0. The molecule has 0 bridgehead atoms. The average molecular weight is 165 g/mol. The van der Waals surface area contributed by atoms with Crippen molar-refractivity contribution in [2.75, 3.05) is 13.2 Å². The molecule has 0 unspecified atom stereocenters. The zero-order chi connectivity index (χ0) is 6.10. The van der Waals surface area contributed by atoms with Crippen molar-refractivity contribution in [1.29, 1.82) is 0 Å². The van der Waals surface area contributed by atoms with Gasteiger partial charge in [0.1, 0.15) is 13.2 Å². The van der Waals surface area contributed by atoms with Crippen molar-refractivity contribution < 1.29 is 9.47 Å². The van der Waals surface area contributed by atoms with E-state index < -0.39 is 0 Å². The maximum absolute atomic E-state index is 5.26. The molecule has 0 N–H and O–H groups in total. The van der Waals surface area contributed by atoms with Crippen molar-refractivity contribution in [3.8, 4) is 10.8 Å². The Balaban J connectivity index is 0.000000500. The summed E-state index contributed by atoms with van der Waals surface area (Å²) >= 11 is 1.58. The van der Waals surface area contributed by atoms with Gasteiger partial charge in [0.05, 0.1) is 0 Å². The van der Waals surface area contributed by atoms with Crippen LogP contribution in [0.5, 0.6) is 10.8 Å². The molecule has 2 nitrogen and oxygen atoms in total. The van der Waals surface area contributed by atoms with Gasteiger partial charge >= 0.3 is 0 Å². The van der Waals surface area contributed by atoms with Crippen LogP contribution in [-0.4, -0.2) is 42.8 Å². The predicted octanol–water partition coefficient (Wildman–Crippen LogP) is 1.14. The second kappa shape index (κ2) is 3.62. The Hall–Kier alpha value is 0.300. The minimum atomic E-state index is 0. The smallest absolute Gasteiger partial charge is 0.217 e. The number of ether oxygens (including phenoxy) is 2. The fraction of sp³-hybridized carbons (Fsp3) is 0.333. The molecule has 10 heavy (non-hydrogen) atoms. The van der Waals surface area contributed by atoms with Crippen LogP contribution in [0.25, 0.3) is 0 Å². The van der Waals surface area contributed by atoms with Crippen LogP contribution in [0, 0.1) is 0 Å². The zero-order valence-corrected chi connectivity index (χ0v) is 8.61. The topological polar surface area (TPSA) is 18.5 Å². The van der Waals surface area contributed by atoms with E-state index in [1.165, 1.54) is 0 Å². The Morgan fingerprint density at radius 3 is 2.90 bits per heavy atom. The van der Waals surface area contributed by atoms with Crippen molar-refractivity contribution in [1.82, 2.24) is 0 Å². The first kappa shape index (κ1) is 8.40. The van der Waals surface area contributed by atoms with Gasteiger partial charge in [0, 0.05) is 29.6 Å². The summed E-state index contributed by atoms with van der Waals surface area (Å²) in [5, 5.41) is 2.89. The summed E-state index contributed by atoms with van der Waals surface area (Å²) in [6, 6.07) is 1.93. The van der Waals surface area contributed by atoms with Crippen molar-refractivity contribution in [2.45, 2.75) is 0 Å². The van der Waals surface area contributed by atoms with Gasteiger partial charge < -0.3 is 9.47 Å². The van der Waals surface area contributed by atoms with Gasteiger partial charge in [0.2, 0.25) is 5.06 Å². The van der Waals surface area contributed by atoms with E-state index in [0.717, 1.165) is 10.8 Å². The first-order chi connectivity index (χ1) is 4.47. The van der Waals surface area contributed by atoms with E-state index in [0.29, 0.717) is 13.2 Å². The molecule has 1 aromatic heterocycles. The molecular weight excluding hydrogens is 159 g/mol. The van der Waals surface area contributed by atoms with Gasteiger partial charge in [-0.05, 0) is 11.4 Å². The fourth-order valence-corrected chi connectivity index (χ4v) is 1.49. The molecule has 0 saturated carbocycles. The molecule has 2 heterocycles. The van der Waals surface area contributed by atoms with E-state index in [1.807, 2.05) is 11.4 Å². The first-order valence-corrected chi connectivity index (χ1v) is 3.68. The average Bonchev–Trinajstić information content (AvgIpc) is 2.33. The number of thiophene rings is 1. The van der Waals surface area contributed by atoms with E-state index in [-0.39, 0.29) is 29.6 Å². The van der Waals surface area contributed by atoms with E-state index in [4.69, 9.17) is 9.47 Å². The summed E-state index contributed by atoms with van der Waals surface area (Å²) in [7, 11) is 0. The van der Waals surface area contributed by atoms with Gasteiger partial charge in [-0.3, -0.25) is 0 Å². The van der Waals surface area contributed by atoms with E-state index >= 15 is 0 Å². The molecule has 1 aromatic rings. The molecule has 0 spiro atoms. The van der Waals surface area contributed by atoms with Crippen molar-refractivity contribution in [2.24, 2.45) is 0 Å². The van der Waals surface area contributed by atoms with Crippen molar-refractivity contribution in [3.05, 3.63) is 11.4 Å². The van der Waals surface area contributed by atoms with E-state index in [1.54, 1.807) is 11.3 Å². The largest absolute Gasteiger partial charge is 0.485 e. The van der Waals surface area contributed by atoms with Gasteiger partial charge in [0.15, 0.2) is 5.75 Å². The van der Waals surface area contributed by atoms with E-state index in [2.05, 4.69) is 0 Å². The van der Waals surface area contributed by atoms with Gasteiger partial charge in [-0.15, -0.1) is 11.3 Å². The summed E-state index contributed by atoms with van der Waals surface area (Å²) in [5.74, 6) is 0.895. The molecule has 0 aromatic carbocycles. The van der Waals surface area contributed by atoms with E-state index in [9.17, 15) is 0 Å². The third kappa shape index (κ3) is 1.48. The minimum Gasteiger partial charge on any atom is -0.485 e. The third-order valence-corrected chi connectivity index (χ3v) is 1.98. The van der Waals surface area contributed by atoms with Gasteiger partial charge in [-0.1, -0.05) is 0 Å². The van der Waals surface area contributed by atoms with Crippen molar-refractivity contribution >= 4 is 40.9 Å². The van der Waals surface area contributed by atoms with Crippen LogP contribution in [0.4, 0.5) is 0 Å². The second-order valence-electron chi connectivity index (χ2n) is 1.77. The molecule has 1 aliphatic heterocycles. The standard InChI is InChI=1S/C6H6O2S.Na/c1-4-9-6-5(1)7-2-3-8-6;/h1,4H,2-3H2;. The number of rotatable bonds is 0. The molecule has 0 aliphatic carbocycles. The number of hydrogen-bond donors (Lipinski definition) is 0. The SMILES string of the molecule is [Na].c1cc2c(s1)OCCO2. The molecule has 0 atom stereocenters. The van der Waals surface area contributed by atoms with Crippen LogP contribution in [-0.2, 0) is 0 Å². The monoisotopic (exact) mass is 165 g/mol. The number of hydrogen-bond acceptors (Lipinski definition) is 3. The Morgan fingerprint density at radius 1 is 1.30 bits per heavy atom. The first-order valence-electron chi connectivity index (χ1n) is 2.80. The molecule has 0 amide bonds. The maximum Gasteiger partial charge on any atom is 0.217 e. The van der Waals surface area contributed by atoms with Gasteiger partial charge in [-0.2, -0.15) is 0 Å². The molecule has 4 heteroatoms. The van der Waals surface area contributed by atoms with Gasteiger partial charge in [0.25, 0.3) is 0 Å². The van der Waals surface area contributed by atoms with Crippen LogP contribution < -0.4 is 9.47 Å². The molecule has 1 radical (unpaired) electrons. The molecule has 0 fully saturated rings. The molecular formula is C6H6NaO2S. The van der Waals surface area contributed by atoms with Crippen LogP contribution in [0.1, 0.15) is 0 Å². The number of fused-ring (bicyclic) bond motifs is 1. The van der Waals surface area contributed by atoms with Crippen molar-refractivity contribution in [3.63, 3.8) is 0 Å².